The summed E-state index contributed by atoms with van der Waals surface area (Å²) in [4.78, 5) is 1.98. The second kappa shape index (κ2) is 3.75. The molecule has 1 aromatic carbocycles. The average Bonchev–Trinajstić information content (AvgIpc) is 2.26. The van der Waals surface area contributed by atoms with Crippen molar-refractivity contribution in [2.45, 2.75) is 31.4 Å². The number of hydrogen-bond donors (Lipinski definition) is 0. The standard InChI is InChI=1S/C14H18N2O/c1-13(2)9-14(10-15,16(3)4)11-7-5-6-8-12(11)17-13/h5-8H,9H2,1-4H3. The number of para-hydroxylation sites is 1. The van der Waals surface area contributed by atoms with Gasteiger partial charge in [0.05, 0.1) is 6.07 Å². The lowest BCUT2D eigenvalue weighted by atomic mass is 9.78. The van der Waals surface area contributed by atoms with Crippen LogP contribution in [0.1, 0.15) is 25.8 Å². The molecule has 0 N–H and O–H groups in total. The molecule has 3 nitrogen and oxygen atoms in total. The van der Waals surface area contributed by atoms with E-state index in [0.717, 1.165) is 11.3 Å². The third kappa shape index (κ3) is 1.79. The van der Waals surface area contributed by atoms with Crippen molar-refractivity contribution in [3.63, 3.8) is 0 Å². The van der Waals surface area contributed by atoms with Gasteiger partial charge in [-0.05, 0) is 34.0 Å². The first-order valence-corrected chi connectivity index (χ1v) is 5.78. The molecule has 0 radical (unpaired) electrons. The van der Waals surface area contributed by atoms with E-state index in [1.54, 1.807) is 0 Å². The number of ether oxygens (including phenoxy) is 1. The van der Waals surface area contributed by atoms with Crippen molar-refractivity contribution in [2.24, 2.45) is 0 Å². The van der Waals surface area contributed by atoms with Crippen LogP contribution in [0.4, 0.5) is 0 Å². The van der Waals surface area contributed by atoms with Crippen LogP contribution in [-0.2, 0) is 5.54 Å². The molecule has 0 bridgehead atoms. The molecule has 0 aromatic heterocycles. The third-order valence-electron chi connectivity index (χ3n) is 3.35. The Bertz CT molecular complexity index is 473. The number of benzene rings is 1. The van der Waals surface area contributed by atoms with Crippen molar-refractivity contribution in [1.29, 1.82) is 5.26 Å². The fraction of sp³-hybridized carbons (Fsp3) is 0.500. The molecule has 0 spiro atoms. The Morgan fingerprint density at radius 2 is 1.94 bits per heavy atom. The summed E-state index contributed by atoms with van der Waals surface area (Å²) in [5.74, 6) is 0.819. The molecule has 1 atom stereocenters. The number of fused-ring (bicyclic) bond motifs is 1. The van der Waals surface area contributed by atoms with Crippen LogP contribution < -0.4 is 4.74 Å². The summed E-state index contributed by atoms with van der Waals surface area (Å²) in [5, 5.41) is 9.64. The van der Waals surface area contributed by atoms with Crippen molar-refractivity contribution >= 4 is 0 Å². The molecule has 0 aliphatic carbocycles. The van der Waals surface area contributed by atoms with Crippen molar-refractivity contribution in [1.82, 2.24) is 4.90 Å². The predicted molar refractivity (Wildman–Crippen MR) is 66.7 cm³/mol. The molecule has 1 aliphatic heterocycles. The van der Waals surface area contributed by atoms with E-state index in [4.69, 9.17) is 4.74 Å². The normalized spacial score (nSPS) is 25.9. The quantitative estimate of drug-likeness (QED) is 0.743. The molecular weight excluding hydrogens is 212 g/mol. The lowest BCUT2D eigenvalue weighted by molar-refractivity contribution is 0.0166. The summed E-state index contributed by atoms with van der Waals surface area (Å²) in [6, 6.07) is 10.3. The van der Waals surface area contributed by atoms with Gasteiger partial charge in [0.2, 0.25) is 0 Å². The summed E-state index contributed by atoms with van der Waals surface area (Å²) < 4.78 is 5.95. The Kier molecular flexibility index (Phi) is 2.63. The zero-order valence-electron chi connectivity index (χ0n) is 10.8. The molecule has 1 unspecified atom stereocenters. The van der Waals surface area contributed by atoms with E-state index >= 15 is 0 Å². The zero-order valence-corrected chi connectivity index (χ0v) is 10.8. The smallest absolute Gasteiger partial charge is 0.141 e. The Morgan fingerprint density at radius 1 is 1.29 bits per heavy atom. The highest BCUT2D eigenvalue weighted by atomic mass is 16.5. The predicted octanol–water partition coefficient (Wildman–Crippen LogP) is 2.53. The van der Waals surface area contributed by atoms with Gasteiger partial charge in [0.15, 0.2) is 0 Å². The van der Waals surface area contributed by atoms with Gasteiger partial charge < -0.3 is 4.74 Å². The highest BCUT2D eigenvalue weighted by molar-refractivity contribution is 5.46. The van der Waals surface area contributed by atoms with Crippen LogP contribution >= 0.6 is 0 Å². The van der Waals surface area contributed by atoms with Crippen molar-refractivity contribution in [3.05, 3.63) is 29.8 Å². The van der Waals surface area contributed by atoms with Crippen molar-refractivity contribution in [3.8, 4) is 11.8 Å². The summed E-state index contributed by atoms with van der Waals surface area (Å²) in [7, 11) is 3.89. The van der Waals surface area contributed by atoms with Crippen molar-refractivity contribution in [2.75, 3.05) is 14.1 Å². The van der Waals surface area contributed by atoms with E-state index < -0.39 is 5.54 Å². The van der Waals surface area contributed by atoms with E-state index in [9.17, 15) is 5.26 Å². The molecule has 1 aliphatic rings. The largest absolute Gasteiger partial charge is 0.487 e. The maximum absolute atomic E-state index is 9.64. The topological polar surface area (TPSA) is 36.3 Å². The van der Waals surface area contributed by atoms with E-state index in [2.05, 4.69) is 6.07 Å². The minimum absolute atomic E-state index is 0.325. The minimum Gasteiger partial charge on any atom is -0.487 e. The number of nitrogens with zero attached hydrogens (tertiary/aromatic N) is 2. The van der Waals surface area contributed by atoms with Gasteiger partial charge in [-0.2, -0.15) is 5.26 Å². The summed E-state index contributed by atoms with van der Waals surface area (Å²) >= 11 is 0. The lowest BCUT2D eigenvalue weighted by Crippen LogP contribution is -2.50. The van der Waals surface area contributed by atoms with Gasteiger partial charge in [-0.1, -0.05) is 18.2 Å². The highest BCUT2D eigenvalue weighted by Gasteiger charge is 2.47. The van der Waals surface area contributed by atoms with E-state index in [0.29, 0.717) is 6.42 Å². The Hall–Kier alpha value is -1.53. The second-order valence-electron chi connectivity index (χ2n) is 5.40. The zero-order chi connectivity index (χ0) is 12.7. The van der Waals surface area contributed by atoms with Crippen LogP contribution in [0.25, 0.3) is 0 Å². The lowest BCUT2D eigenvalue weighted by Gasteiger charge is -2.45. The molecule has 2 rings (SSSR count). The average molecular weight is 230 g/mol. The van der Waals surface area contributed by atoms with E-state index in [1.807, 2.05) is 57.1 Å². The maximum Gasteiger partial charge on any atom is 0.141 e. The van der Waals surface area contributed by atoms with Gasteiger partial charge in [-0.25, -0.2) is 0 Å². The first kappa shape index (κ1) is 11.9. The Balaban J connectivity index is 2.65. The number of hydrogen-bond acceptors (Lipinski definition) is 3. The minimum atomic E-state index is -0.599. The molecule has 0 fully saturated rings. The molecule has 1 aromatic rings. The van der Waals surface area contributed by atoms with Gasteiger partial charge in [-0.3, -0.25) is 4.90 Å². The summed E-state index contributed by atoms with van der Waals surface area (Å²) in [6.07, 6.45) is 0.667. The first-order valence-electron chi connectivity index (χ1n) is 5.78. The second-order valence-corrected chi connectivity index (χ2v) is 5.40. The first-order chi connectivity index (χ1) is 7.91. The Morgan fingerprint density at radius 3 is 2.53 bits per heavy atom. The van der Waals surface area contributed by atoms with Crippen LogP contribution in [0.2, 0.25) is 0 Å². The molecule has 3 heteroatoms. The monoisotopic (exact) mass is 230 g/mol. The number of nitriles is 1. The van der Waals surface area contributed by atoms with E-state index in [1.165, 1.54) is 0 Å². The van der Waals surface area contributed by atoms with Gasteiger partial charge in [-0.15, -0.1) is 0 Å². The highest BCUT2D eigenvalue weighted by Crippen LogP contribution is 2.45. The van der Waals surface area contributed by atoms with Gasteiger partial charge in [0.25, 0.3) is 0 Å². The third-order valence-corrected chi connectivity index (χ3v) is 3.35. The Labute approximate surface area is 103 Å². The molecule has 1 heterocycles. The number of rotatable bonds is 1. The van der Waals surface area contributed by atoms with Crippen molar-refractivity contribution < 1.29 is 4.74 Å². The fourth-order valence-corrected chi connectivity index (χ4v) is 2.54. The molecular formula is C14H18N2O. The van der Waals surface area contributed by atoms with Crippen LogP contribution in [0.15, 0.2) is 24.3 Å². The molecule has 0 saturated heterocycles. The molecule has 17 heavy (non-hydrogen) atoms. The maximum atomic E-state index is 9.64. The summed E-state index contributed by atoms with van der Waals surface area (Å²) in [6.45, 7) is 4.05. The molecule has 90 valence electrons. The molecule has 0 saturated carbocycles. The van der Waals surface area contributed by atoms with Gasteiger partial charge in [0, 0.05) is 12.0 Å². The van der Waals surface area contributed by atoms with Gasteiger partial charge in [0.1, 0.15) is 16.9 Å². The summed E-state index contributed by atoms with van der Waals surface area (Å²) in [5.41, 5.74) is 0.0407. The van der Waals surface area contributed by atoms with Crippen LogP contribution in [-0.4, -0.2) is 24.6 Å². The van der Waals surface area contributed by atoms with Crippen LogP contribution in [0.5, 0.6) is 5.75 Å². The van der Waals surface area contributed by atoms with Gasteiger partial charge >= 0.3 is 0 Å². The van der Waals surface area contributed by atoms with Crippen LogP contribution in [0.3, 0.4) is 0 Å². The van der Waals surface area contributed by atoms with Crippen LogP contribution in [0, 0.1) is 11.3 Å². The molecule has 0 amide bonds. The fourth-order valence-electron chi connectivity index (χ4n) is 2.54. The van der Waals surface area contributed by atoms with E-state index in [-0.39, 0.29) is 5.60 Å². The SMILES string of the molecule is CN(C)C1(C#N)CC(C)(C)Oc2ccccc21.